The van der Waals surface area contributed by atoms with E-state index in [1.165, 1.54) is 16.3 Å². The molecule has 1 aromatic heterocycles. The van der Waals surface area contributed by atoms with E-state index in [2.05, 4.69) is 41.2 Å². The van der Waals surface area contributed by atoms with Crippen LogP contribution < -0.4 is 5.73 Å². The van der Waals surface area contributed by atoms with Crippen LogP contribution in [-0.2, 0) is 0 Å². The van der Waals surface area contributed by atoms with Crippen LogP contribution >= 0.6 is 0 Å². The van der Waals surface area contributed by atoms with Gasteiger partial charge in [0.05, 0.1) is 0 Å². The minimum absolute atomic E-state index is 0.490. The fraction of sp³-hybridized carbons (Fsp3) is 0.400. The zero-order valence-corrected chi connectivity index (χ0v) is 10.7. The molecular formula is C15H19N3. The van der Waals surface area contributed by atoms with E-state index in [1.54, 1.807) is 0 Å². The smallest absolute Gasteiger partial charge is 0.0354 e. The molecule has 1 aliphatic rings. The lowest BCUT2D eigenvalue weighted by molar-refractivity contribution is 0.315. The Kier molecular flexibility index (Phi) is 3.02. The van der Waals surface area contributed by atoms with E-state index in [1.807, 2.05) is 12.4 Å². The molecule has 94 valence electrons. The van der Waals surface area contributed by atoms with Gasteiger partial charge in [0.1, 0.15) is 0 Å². The van der Waals surface area contributed by atoms with Gasteiger partial charge in [-0.25, -0.2) is 0 Å². The van der Waals surface area contributed by atoms with E-state index in [-0.39, 0.29) is 0 Å². The summed E-state index contributed by atoms with van der Waals surface area (Å²) in [5.74, 6) is 0.622. The van der Waals surface area contributed by atoms with Crippen LogP contribution in [0.4, 0.5) is 0 Å². The summed E-state index contributed by atoms with van der Waals surface area (Å²) in [5, 5.41) is 2.54. The number of likely N-dealkylation sites (tertiary alicyclic amines) is 1. The zero-order chi connectivity index (χ0) is 12.5. The molecule has 2 heterocycles. The molecule has 3 nitrogen and oxygen atoms in total. The third kappa shape index (κ3) is 1.89. The van der Waals surface area contributed by atoms with Crippen molar-refractivity contribution in [3.63, 3.8) is 0 Å². The molecule has 2 aromatic rings. The van der Waals surface area contributed by atoms with Crippen molar-refractivity contribution in [1.29, 1.82) is 0 Å². The van der Waals surface area contributed by atoms with E-state index in [4.69, 9.17) is 5.73 Å². The summed E-state index contributed by atoms with van der Waals surface area (Å²) in [6, 6.07) is 9.10. The molecule has 0 amide bonds. The second-order valence-electron chi connectivity index (χ2n) is 5.24. The molecular weight excluding hydrogens is 222 g/mol. The minimum atomic E-state index is 0.490. The van der Waals surface area contributed by atoms with E-state index < -0.39 is 0 Å². The number of benzene rings is 1. The lowest BCUT2D eigenvalue weighted by Crippen LogP contribution is -2.20. The topological polar surface area (TPSA) is 42.1 Å². The fourth-order valence-corrected chi connectivity index (χ4v) is 3.08. The van der Waals surface area contributed by atoms with Crippen molar-refractivity contribution in [2.45, 2.75) is 12.5 Å². The van der Waals surface area contributed by atoms with Crippen molar-refractivity contribution in [2.75, 3.05) is 20.1 Å². The SMILES string of the molecule is CN1CC(CN)CC1c1cccc2cnccc12. The molecule has 18 heavy (non-hydrogen) atoms. The Hall–Kier alpha value is -1.45. The molecule has 1 aromatic carbocycles. The second-order valence-corrected chi connectivity index (χ2v) is 5.24. The molecule has 2 N–H and O–H groups in total. The lowest BCUT2D eigenvalue weighted by atomic mass is 9.96. The molecule has 0 bridgehead atoms. The maximum Gasteiger partial charge on any atom is 0.0354 e. The van der Waals surface area contributed by atoms with Crippen LogP contribution in [0.15, 0.2) is 36.7 Å². The van der Waals surface area contributed by atoms with Crippen LogP contribution in [-0.4, -0.2) is 30.0 Å². The zero-order valence-electron chi connectivity index (χ0n) is 10.7. The number of hydrogen-bond donors (Lipinski definition) is 1. The van der Waals surface area contributed by atoms with Gasteiger partial charge in [-0.2, -0.15) is 0 Å². The quantitative estimate of drug-likeness (QED) is 0.876. The van der Waals surface area contributed by atoms with Crippen molar-refractivity contribution in [3.05, 3.63) is 42.2 Å². The highest BCUT2D eigenvalue weighted by atomic mass is 15.2. The molecule has 0 spiro atoms. The summed E-state index contributed by atoms with van der Waals surface area (Å²) in [5.41, 5.74) is 7.22. The summed E-state index contributed by atoms with van der Waals surface area (Å²) in [6.07, 6.45) is 4.98. The first-order valence-corrected chi connectivity index (χ1v) is 6.52. The lowest BCUT2D eigenvalue weighted by Gasteiger charge is -2.21. The molecule has 0 saturated carbocycles. The van der Waals surface area contributed by atoms with Crippen molar-refractivity contribution >= 4 is 10.8 Å². The highest BCUT2D eigenvalue weighted by molar-refractivity contribution is 5.85. The number of aromatic nitrogens is 1. The van der Waals surface area contributed by atoms with Crippen LogP contribution in [0.2, 0.25) is 0 Å². The maximum absolute atomic E-state index is 5.81. The molecule has 0 aliphatic carbocycles. The molecule has 3 rings (SSSR count). The summed E-state index contributed by atoms with van der Waals surface area (Å²) in [4.78, 5) is 6.62. The van der Waals surface area contributed by atoms with Gasteiger partial charge < -0.3 is 5.73 Å². The van der Waals surface area contributed by atoms with Crippen LogP contribution in [0.5, 0.6) is 0 Å². The molecule has 3 heteroatoms. The van der Waals surface area contributed by atoms with Crippen molar-refractivity contribution in [3.8, 4) is 0 Å². The van der Waals surface area contributed by atoms with Gasteiger partial charge in [0, 0.05) is 30.4 Å². The Bertz CT molecular complexity index is 547. The number of fused-ring (bicyclic) bond motifs is 1. The van der Waals surface area contributed by atoms with Gasteiger partial charge in [-0.15, -0.1) is 0 Å². The van der Waals surface area contributed by atoms with Crippen LogP contribution in [0.3, 0.4) is 0 Å². The molecule has 0 radical (unpaired) electrons. The van der Waals surface area contributed by atoms with E-state index >= 15 is 0 Å². The average Bonchev–Trinajstić information content (AvgIpc) is 2.79. The maximum atomic E-state index is 5.81. The van der Waals surface area contributed by atoms with Gasteiger partial charge in [-0.3, -0.25) is 9.88 Å². The van der Waals surface area contributed by atoms with E-state index in [9.17, 15) is 0 Å². The highest BCUT2D eigenvalue weighted by Gasteiger charge is 2.30. The third-order valence-corrected chi connectivity index (χ3v) is 4.04. The fourth-order valence-electron chi connectivity index (χ4n) is 3.08. The van der Waals surface area contributed by atoms with Gasteiger partial charge in [-0.1, -0.05) is 18.2 Å². The first-order valence-electron chi connectivity index (χ1n) is 6.52. The number of pyridine rings is 1. The van der Waals surface area contributed by atoms with Gasteiger partial charge in [0.25, 0.3) is 0 Å². The van der Waals surface area contributed by atoms with Gasteiger partial charge in [0.2, 0.25) is 0 Å². The van der Waals surface area contributed by atoms with E-state index in [0.717, 1.165) is 19.5 Å². The van der Waals surface area contributed by atoms with Crippen molar-refractivity contribution in [1.82, 2.24) is 9.88 Å². The Morgan fingerprint density at radius 2 is 2.28 bits per heavy atom. The first kappa shape index (κ1) is 11.6. The van der Waals surface area contributed by atoms with Gasteiger partial charge in [0.15, 0.2) is 0 Å². The monoisotopic (exact) mass is 241 g/mol. The summed E-state index contributed by atoms with van der Waals surface area (Å²) >= 11 is 0. The minimum Gasteiger partial charge on any atom is -0.330 e. The Morgan fingerprint density at radius 3 is 3.06 bits per heavy atom. The average molecular weight is 241 g/mol. The second kappa shape index (κ2) is 4.67. The number of hydrogen-bond acceptors (Lipinski definition) is 3. The molecule has 1 saturated heterocycles. The summed E-state index contributed by atoms with van der Waals surface area (Å²) < 4.78 is 0. The standard InChI is InChI=1S/C15H19N3/c1-18-10-11(8-16)7-15(18)14-4-2-3-12-9-17-6-5-13(12)14/h2-6,9,11,15H,7-8,10,16H2,1H3. The summed E-state index contributed by atoms with van der Waals surface area (Å²) in [6.45, 7) is 1.88. The number of rotatable bonds is 2. The van der Waals surface area contributed by atoms with Crippen LogP contribution in [0.1, 0.15) is 18.0 Å². The Labute approximate surface area is 108 Å². The molecule has 1 fully saturated rings. The summed E-state index contributed by atoms with van der Waals surface area (Å²) in [7, 11) is 2.19. The van der Waals surface area contributed by atoms with Crippen molar-refractivity contribution in [2.24, 2.45) is 11.7 Å². The third-order valence-electron chi connectivity index (χ3n) is 4.04. The Balaban J connectivity index is 2.04. The molecule has 2 atom stereocenters. The predicted octanol–water partition coefficient (Wildman–Crippen LogP) is 2.19. The number of nitrogens with zero attached hydrogens (tertiary/aromatic N) is 2. The number of nitrogens with two attached hydrogens (primary N) is 1. The first-order chi connectivity index (χ1) is 8.79. The van der Waals surface area contributed by atoms with Gasteiger partial charge >= 0.3 is 0 Å². The van der Waals surface area contributed by atoms with Gasteiger partial charge in [-0.05, 0) is 42.9 Å². The normalized spacial score (nSPS) is 24.8. The predicted molar refractivity (Wildman–Crippen MR) is 74.3 cm³/mol. The highest BCUT2D eigenvalue weighted by Crippen LogP contribution is 2.36. The van der Waals surface area contributed by atoms with E-state index in [0.29, 0.717) is 12.0 Å². The Morgan fingerprint density at radius 1 is 1.39 bits per heavy atom. The molecule has 1 aliphatic heterocycles. The molecule has 2 unspecified atom stereocenters. The van der Waals surface area contributed by atoms with Crippen LogP contribution in [0, 0.1) is 5.92 Å². The largest absolute Gasteiger partial charge is 0.330 e. The van der Waals surface area contributed by atoms with Crippen LogP contribution in [0.25, 0.3) is 10.8 Å². The van der Waals surface area contributed by atoms with Crippen molar-refractivity contribution < 1.29 is 0 Å².